The first-order valence-electron chi connectivity index (χ1n) is 8.85. The number of esters is 1. The van der Waals surface area contributed by atoms with Gasteiger partial charge in [0.15, 0.2) is 5.52 Å². The summed E-state index contributed by atoms with van der Waals surface area (Å²) in [7, 11) is 0. The molecule has 2 aromatic carbocycles. The van der Waals surface area contributed by atoms with Crippen LogP contribution < -0.4 is 5.56 Å². The number of rotatable bonds is 5. The van der Waals surface area contributed by atoms with Crippen molar-refractivity contribution in [2.45, 2.75) is 20.1 Å². The van der Waals surface area contributed by atoms with Crippen molar-refractivity contribution in [1.29, 1.82) is 0 Å². The van der Waals surface area contributed by atoms with Gasteiger partial charge in [0.25, 0.3) is 5.56 Å². The highest BCUT2D eigenvalue weighted by Crippen LogP contribution is 2.30. The molecule has 0 amide bonds. The third-order valence-electron chi connectivity index (χ3n) is 4.25. The number of benzene rings is 2. The van der Waals surface area contributed by atoms with Crippen molar-refractivity contribution in [3.63, 3.8) is 0 Å². The first-order chi connectivity index (χ1) is 14.0. The Balaban J connectivity index is 1.67. The number of nitrogens with zero attached hydrogens (tertiary/aromatic N) is 3. The van der Waals surface area contributed by atoms with E-state index in [1.165, 1.54) is 11.3 Å². The van der Waals surface area contributed by atoms with Gasteiger partial charge in [-0.25, -0.2) is 9.67 Å². The van der Waals surface area contributed by atoms with Gasteiger partial charge in [0.2, 0.25) is 0 Å². The maximum atomic E-state index is 12.8. The number of fused-ring (bicyclic) bond motifs is 1. The average Bonchev–Trinajstić information content (AvgIpc) is 3.12. The predicted molar refractivity (Wildman–Crippen MR) is 113 cm³/mol. The lowest BCUT2D eigenvalue weighted by Crippen LogP contribution is -2.28. The fourth-order valence-corrected chi connectivity index (χ4v) is 3.92. The molecule has 0 aliphatic heterocycles. The Labute approximate surface area is 175 Å². The summed E-state index contributed by atoms with van der Waals surface area (Å²) in [6.45, 7) is 1.67. The van der Waals surface area contributed by atoms with E-state index in [1.807, 2.05) is 49.4 Å². The molecule has 6 nitrogen and oxygen atoms in total. The zero-order valence-electron chi connectivity index (χ0n) is 15.5. The number of halogens is 1. The number of thiazole rings is 1. The molecule has 0 aliphatic rings. The zero-order valence-corrected chi connectivity index (χ0v) is 17.0. The molecule has 0 radical (unpaired) electrons. The first-order valence-corrected chi connectivity index (χ1v) is 10.0. The van der Waals surface area contributed by atoms with Gasteiger partial charge < -0.3 is 4.74 Å². The molecule has 0 N–H and O–H groups in total. The second-order valence-corrected chi connectivity index (χ2v) is 8.01. The van der Waals surface area contributed by atoms with Crippen LogP contribution in [0.2, 0.25) is 5.02 Å². The summed E-state index contributed by atoms with van der Waals surface area (Å²) < 4.78 is 7.09. The normalized spacial score (nSPS) is 11.0. The molecule has 4 aromatic rings. The van der Waals surface area contributed by atoms with Crippen LogP contribution in [0.5, 0.6) is 0 Å². The smallest absolute Gasteiger partial charge is 0.328 e. The number of hydrogen-bond acceptors (Lipinski definition) is 6. The number of aromatic nitrogens is 3. The Hall–Kier alpha value is -3.03. The molecule has 2 aromatic heterocycles. The van der Waals surface area contributed by atoms with Crippen LogP contribution in [0.3, 0.4) is 0 Å². The molecule has 0 unspecified atom stereocenters. The monoisotopic (exact) mass is 425 g/mol. The Kier molecular flexibility index (Phi) is 5.42. The largest absolute Gasteiger partial charge is 0.459 e. The lowest BCUT2D eigenvalue weighted by Gasteiger charge is -2.09. The molecule has 0 saturated heterocycles. The van der Waals surface area contributed by atoms with Gasteiger partial charge in [-0.2, -0.15) is 5.10 Å². The number of hydrogen-bond donors (Lipinski definition) is 0. The Morgan fingerprint density at radius 2 is 1.86 bits per heavy atom. The Morgan fingerprint density at radius 3 is 2.59 bits per heavy atom. The van der Waals surface area contributed by atoms with Crippen molar-refractivity contribution in [2.75, 3.05) is 0 Å². The summed E-state index contributed by atoms with van der Waals surface area (Å²) in [5, 5.41) is 5.79. The van der Waals surface area contributed by atoms with Crippen LogP contribution in [0.15, 0.2) is 59.4 Å². The van der Waals surface area contributed by atoms with Crippen molar-refractivity contribution in [2.24, 2.45) is 0 Å². The summed E-state index contributed by atoms with van der Waals surface area (Å²) in [6.07, 6.45) is 0. The molecule has 146 valence electrons. The summed E-state index contributed by atoms with van der Waals surface area (Å²) in [4.78, 5) is 29.5. The van der Waals surface area contributed by atoms with Crippen LogP contribution in [0.4, 0.5) is 0 Å². The van der Waals surface area contributed by atoms with Crippen LogP contribution in [0.25, 0.3) is 21.5 Å². The highest BCUT2D eigenvalue weighted by atomic mass is 35.5. The molecule has 0 saturated carbocycles. The van der Waals surface area contributed by atoms with Gasteiger partial charge in [-0.1, -0.05) is 54.1 Å². The molecule has 2 heterocycles. The van der Waals surface area contributed by atoms with Crippen molar-refractivity contribution in [3.05, 3.63) is 80.5 Å². The van der Waals surface area contributed by atoms with E-state index >= 15 is 0 Å². The minimum absolute atomic E-state index is 0.135. The molecule has 0 fully saturated rings. The second kappa shape index (κ2) is 8.14. The van der Waals surface area contributed by atoms with Gasteiger partial charge in [-0.3, -0.25) is 9.59 Å². The average molecular weight is 426 g/mol. The maximum absolute atomic E-state index is 12.8. The highest BCUT2D eigenvalue weighted by Gasteiger charge is 2.18. The highest BCUT2D eigenvalue weighted by molar-refractivity contribution is 7.19. The van der Waals surface area contributed by atoms with Crippen molar-refractivity contribution < 1.29 is 9.53 Å². The van der Waals surface area contributed by atoms with Gasteiger partial charge in [-0.05, 0) is 24.6 Å². The SMILES string of the molecule is Cc1nc2c(=O)n(CC(=O)OCc3ccccc3)nc(-c3ccc(Cl)cc3)c2s1. The lowest BCUT2D eigenvalue weighted by atomic mass is 10.1. The van der Waals surface area contributed by atoms with E-state index in [9.17, 15) is 9.59 Å². The number of carbonyl (C=O) groups excluding carboxylic acids is 1. The van der Waals surface area contributed by atoms with Crippen LogP contribution in [-0.2, 0) is 22.7 Å². The van der Waals surface area contributed by atoms with Gasteiger partial charge in [0, 0.05) is 10.6 Å². The molecule has 29 heavy (non-hydrogen) atoms. The van der Waals surface area contributed by atoms with Gasteiger partial charge in [-0.15, -0.1) is 11.3 Å². The standard InChI is InChI=1S/C21H16ClN3O3S/c1-13-23-19-20(29-13)18(15-7-9-16(22)10-8-15)24-25(21(19)27)11-17(26)28-12-14-5-3-2-4-6-14/h2-10H,11-12H2,1H3. The Morgan fingerprint density at radius 1 is 1.14 bits per heavy atom. The third kappa shape index (κ3) is 4.21. The lowest BCUT2D eigenvalue weighted by molar-refractivity contribution is -0.146. The van der Waals surface area contributed by atoms with E-state index in [0.717, 1.165) is 20.8 Å². The molecule has 0 aliphatic carbocycles. The summed E-state index contributed by atoms with van der Waals surface area (Å²) in [5.74, 6) is -0.545. The van der Waals surface area contributed by atoms with Crippen LogP contribution in [-0.4, -0.2) is 20.7 Å². The van der Waals surface area contributed by atoms with Crippen LogP contribution >= 0.6 is 22.9 Å². The van der Waals surface area contributed by atoms with E-state index in [2.05, 4.69) is 10.1 Å². The van der Waals surface area contributed by atoms with E-state index in [4.69, 9.17) is 16.3 Å². The second-order valence-electron chi connectivity index (χ2n) is 6.38. The number of carbonyl (C=O) groups is 1. The maximum Gasteiger partial charge on any atom is 0.328 e. The van der Waals surface area contributed by atoms with E-state index in [-0.39, 0.29) is 13.2 Å². The first kappa shape index (κ1) is 19.3. The number of aryl methyl sites for hydroxylation is 1. The van der Waals surface area contributed by atoms with Gasteiger partial charge in [0.1, 0.15) is 18.8 Å². The molecule has 0 atom stereocenters. The van der Waals surface area contributed by atoms with E-state index in [0.29, 0.717) is 20.9 Å². The van der Waals surface area contributed by atoms with Crippen molar-refractivity contribution in [1.82, 2.24) is 14.8 Å². The molecule has 4 rings (SSSR count). The summed E-state index contributed by atoms with van der Waals surface area (Å²) >= 11 is 7.38. The molecular weight excluding hydrogens is 410 g/mol. The third-order valence-corrected chi connectivity index (χ3v) is 5.48. The molecule has 0 bridgehead atoms. The minimum atomic E-state index is -0.545. The van der Waals surface area contributed by atoms with Crippen LogP contribution in [0, 0.1) is 6.92 Å². The molecule has 0 spiro atoms. The molecule has 8 heteroatoms. The zero-order chi connectivity index (χ0) is 20.4. The van der Waals surface area contributed by atoms with E-state index in [1.54, 1.807) is 12.1 Å². The summed E-state index contributed by atoms with van der Waals surface area (Å²) in [5.41, 5.74) is 2.11. The minimum Gasteiger partial charge on any atom is -0.459 e. The fraction of sp³-hybridized carbons (Fsp3) is 0.143. The van der Waals surface area contributed by atoms with Crippen LogP contribution in [0.1, 0.15) is 10.6 Å². The fourth-order valence-electron chi connectivity index (χ4n) is 2.88. The quantitative estimate of drug-likeness (QED) is 0.447. The predicted octanol–water partition coefficient (Wildman–Crippen LogP) is 4.23. The summed E-state index contributed by atoms with van der Waals surface area (Å²) in [6, 6.07) is 16.5. The number of ether oxygens (including phenoxy) is 1. The topological polar surface area (TPSA) is 74.1 Å². The van der Waals surface area contributed by atoms with Gasteiger partial charge in [0.05, 0.1) is 9.71 Å². The van der Waals surface area contributed by atoms with Gasteiger partial charge >= 0.3 is 5.97 Å². The van der Waals surface area contributed by atoms with Crippen molar-refractivity contribution >= 4 is 39.1 Å². The Bertz CT molecular complexity index is 1230. The van der Waals surface area contributed by atoms with Crippen molar-refractivity contribution in [3.8, 4) is 11.3 Å². The molecular formula is C21H16ClN3O3S. The van der Waals surface area contributed by atoms with E-state index < -0.39 is 11.5 Å².